The maximum atomic E-state index is 4.47. The third-order valence-electron chi connectivity index (χ3n) is 3.23. The fourth-order valence-corrected chi connectivity index (χ4v) is 3.06. The van der Waals surface area contributed by atoms with Crippen LogP contribution in [0.4, 0.5) is 0 Å². The Kier molecular flexibility index (Phi) is 4.04. The quantitative estimate of drug-likeness (QED) is 0.778. The third-order valence-corrected chi connectivity index (χ3v) is 4.38. The van der Waals surface area contributed by atoms with Crippen LogP contribution in [0, 0.1) is 0 Å². The zero-order chi connectivity index (χ0) is 13.8. The average Bonchev–Trinajstić information content (AvgIpc) is 2.95. The van der Waals surface area contributed by atoms with Gasteiger partial charge in [0.2, 0.25) is 0 Å². The number of fused-ring (bicyclic) bond motifs is 1. The highest BCUT2D eigenvalue weighted by Crippen LogP contribution is 2.16. The van der Waals surface area contributed by atoms with Crippen LogP contribution in [-0.2, 0) is 19.5 Å². The Morgan fingerprint density at radius 3 is 2.85 bits per heavy atom. The van der Waals surface area contributed by atoms with Crippen molar-refractivity contribution in [3.63, 3.8) is 0 Å². The molecule has 102 valence electrons. The van der Waals surface area contributed by atoms with Crippen molar-refractivity contribution in [2.75, 3.05) is 0 Å². The normalized spacial score (nSPS) is 11.1. The van der Waals surface area contributed by atoms with Crippen LogP contribution in [-0.4, -0.2) is 9.97 Å². The summed E-state index contributed by atoms with van der Waals surface area (Å²) in [6.07, 6.45) is 4.83. The van der Waals surface area contributed by atoms with Gasteiger partial charge in [0.05, 0.1) is 10.5 Å². The van der Waals surface area contributed by atoms with Crippen molar-refractivity contribution in [1.29, 1.82) is 0 Å². The fraction of sp³-hybridized carbons (Fsp3) is 0.250. The molecule has 0 radical (unpaired) electrons. The molecule has 0 aliphatic rings. The van der Waals surface area contributed by atoms with Gasteiger partial charge in [0.25, 0.3) is 0 Å². The molecule has 0 spiro atoms. The number of hydrogen-bond acceptors (Lipinski definition) is 4. The van der Waals surface area contributed by atoms with Gasteiger partial charge in [-0.2, -0.15) is 0 Å². The Morgan fingerprint density at radius 2 is 2.00 bits per heavy atom. The van der Waals surface area contributed by atoms with Gasteiger partial charge in [-0.15, -0.1) is 11.3 Å². The van der Waals surface area contributed by atoms with Gasteiger partial charge in [0.15, 0.2) is 0 Å². The Hall–Kier alpha value is -1.78. The molecule has 3 nitrogen and oxygen atoms in total. The summed E-state index contributed by atoms with van der Waals surface area (Å²) in [4.78, 5) is 10.1. The summed E-state index contributed by atoms with van der Waals surface area (Å²) in [5.41, 5.74) is 2.32. The zero-order valence-electron chi connectivity index (χ0n) is 11.5. The number of aromatic nitrogens is 2. The lowest BCUT2D eigenvalue weighted by molar-refractivity contribution is 0.702. The number of nitrogens with one attached hydrogen (secondary N) is 1. The van der Waals surface area contributed by atoms with Crippen molar-refractivity contribution in [3.05, 3.63) is 58.2 Å². The number of benzene rings is 1. The van der Waals surface area contributed by atoms with Crippen molar-refractivity contribution < 1.29 is 0 Å². The first-order valence-corrected chi connectivity index (χ1v) is 7.65. The summed E-state index contributed by atoms with van der Waals surface area (Å²) in [6.45, 7) is 3.83. The first-order valence-electron chi connectivity index (χ1n) is 6.83. The molecule has 3 aromatic rings. The molecule has 20 heavy (non-hydrogen) atoms. The van der Waals surface area contributed by atoms with E-state index in [1.165, 1.54) is 20.8 Å². The molecule has 0 saturated heterocycles. The minimum absolute atomic E-state index is 0.827. The van der Waals surface area contributed by atoms with Gasteiger partial charge in [0.1, 0.15) is 0 Å². The van der Waals surface area contributed by atoms with Crippen LogP contribution in [0.5, 0.6) is 0 Å². The standard InChI is InChI=1S/C16H17N3S/c1-2-15-19-11-14(20-15)10-17-9-13-6-3-5-12-7-4-8-18-16(12)13/h3-8,11,17H,2,9-10H2,1H3. The van der Waals surface area contributed by atoms with Crippen LogP contribution in [0.15, 0.2) is 42.7 Å². The highest BCUT2D eigenvalue weighted by molar-refractivity contribution is 7.11. The van der Waals surface area contributed by atoms with E-state index in [4.69, 9.17) is 0 Å². The van der Waals surface area contributed by atoms with Gasteiger partial charge < -0.3 is 5.32 Å². The molecule has 4 heteroatoms. The van der Waals surface area contributed by atoms with E-state index >= 15 is 0 Å². The van der Waals surface area contributed by atoms with Gasteiger partial charge in [-0.05, 0) is 18.1 Å². The smallest absolute Gasteiger partial charge is 0.0925 e. The van der Waals surface area contributed by atoms with E-state index in [0.717, 1.165) is 25.0 Å². The number of thiazole rings is 1. The van der Waals surface area contributed by atoms with Crippen molar-refractivity contribution in [2.45, 2.75) is 26.4 Å². The number of rotatable bonds is 5. The summed E-state index contributed by atoms with van der Waals surface area (Å²) in [5, 5.41) is 5.87. The lowest BCUT2D eigenvalue weighted by atomic mass is 10.1. The molecule has 0 bridgehead atoms. The zero-order valence-corrected chi connectivity index (χ0v) is 12.3. The molecule has 2 aromatic heterocycles. The van der Waals surface area contributed by atoms with E-state index in [-0.39, 0.29) is 0 Å². The number of hydrogen-bond donors (Lipinski definition) is 1. The lowest BCUT2D eigenvalue weighted by Crippen LogP contribution is -2.12. The monoisotopic (exact) mass is 283 g/mol. The number of pyridine rings is 1. The average molecular weight is 283 g/mol. The maximum absolute atomic E-state index is 4.47. The predicted molar refractivity (Wildman–Crippen MR) is 83.8 cm³/mol. The molecular formula is C16H17N3S. The highest BCUT2D eigenvalue weighted by atomic mass is 32.1. The summed E-state index contributed by atoms with van der Waals surface area (Å²) in [6, 6.07) is 10.4. The van der Waals surface area contributed by atoms with Gasteiger partial charge >= 0.3 is 0 Å². The number of para-hydroxylation sites is 1. The van der Waals surface area contributed by atoms with Crippen LogP contribution in [0.2, 0.25) is 0 Å². The van der Waals surface area contributed by atoms with Crippen molar-refractivity contribution in [3.8, 4) is 0 Å². The number of aryl methyl sites for hydroxylation is 1. The summed E-state index contributed by atoms with van der Waals surface area (Å²) in [5.74, 6) is 0. The van der Waals surface area contributed by atoms with Gasteiger partial charge in [0, 0.05) is 35.7 Å². The summed E-state index contributed by atoms with van der Waals surface area (Å²) >= 11 is 1.78. The Morgan fingerprint density at radius 1 is 1.10 bits per heavy atom. The minimum atomic E-state index is 0.827. The van der Waals surface area contributed by atoms with Crippen LogP contribution in [0.25, 0.3) is 10.9 Å². The molecule has 2 heterocycles. The van der Waals surface area contributed by atoms with E-state index in [9.17, 15) is 0 Å². The van der Waals surface area contributed by atoms with Crippen LogP contribution >= 0.6 is 11.3 Å². The largest absolute Gasteiger partial charge is 0.308 e. The topological polar surface area (TPSA) is 37.8 Å². The molecule has 1 N–H and O–H groups in total. The molecule has 0 unspecified atom stereocenters. The van der Waals surface area contributed by atoms with E-state index in [2.05, 4.69) is 46.5 Å². The van der Waals surface area contributed by atoms with E-state index < -0.39 is 0 Å². The van der Waals surface area contributed by atoms with Crippen molar-refractivity contribution in [2.24, 2.45) is 0 Å². The second-order valence-corrected chi connectivity index (χ2v) is 5.87. The van der Waals surface area contributed by atoms with Crippen LogP contribution in [0.3, 0.4) is 0 Å². The molecule has 0 aliphatic carbocycles. The van der Waals surface area contributed by atoms with Crippen molar-refractivity contribution in [1.82, 2.24) is 15.3 Å². The second kappa shape index (κ2) is 6.11. The summed E-state index contributed by atoms with van der Waals surface area (Å²) < 4.78 is 0. The Balaban J connectivity index is 1.68. The fourth-order valence-electron chi connectivity index (χ4n) is 2.22. The molecular weight excluding hydrogens is 266 g/mol. The first-order chi connectivity index (χ1) is 9.86. The second-order valence-electron chi connectivity index (χ2n) is 4.67. The van der Waals surface area contributed by atoms with E-state index in [1.807, 2.05) is 18.5 Å². The van der Waals surface area contributed by atoms with Crippen molar-refractivity contribution >= 4 is 22.2 Å². The van der Waals surface area contributed by atoms with Crippen LogP contribution in [0.1, 0.15) is 22.4 Å². The number of nitrogens with zero attached hydrogens (tertiary/aromatic N) is 2. The molecule has 3 rings (SSSR count). The lowest BCUT2D eigenvalue weighted by Gasteiger charge is -2.06. The molecule has 0 fully saturated rings. The first kappa shape index (κ1) is 13.2. The molecule has 1 aromatic carbocycles. The molecule has 0 atom stereocenters. The van der Waals surface area contributed by atoms with Gasteiger partial charge in [-0.1, -0.05) is 31.2 Å². The van der Waals surface area contributed by atoms with E-state index in [0.29, 0.717) is 0 Å². The highest BCUT2D eigenvalue weighted by Gasteiger charge is 2.03. The van der Waals surface area contributed by atoms with Crippen LogP contribution < -0.4 is 5.32 Å². The Labute approximate surface area is 122 Å². The SMILES string of the molecule is CCc1ncc(CNCc2cccc3cccnc23)s1. The van der Waals surface area contributed by atoms with E-state index in [1.54, 1.807) is 11.3 Å². The predicted octanol–water partition coefficient (Wildman–Crippen LogP) is 3.54. The molecule has 0 amide bonds. The Bertz CT molecular complexity index is 700. The maximum Gasteiger partial charge on any atom is 0.0925 e. The van der Waals surface area contributed by atoms with Gasteiger partial charge in [-0.25, -0.2) is 4.98 Å². The van der Waals surface area contributed by atoms with Gasteiger partial charge in [-0.3, -0.25) is 4.98 Å². The molecule has 0 aliphatic heterocycles. The summed E-state index contributed by atoms with van der Waals surface area (Å²) in [7, 11) is 0. The minimum Gasteiger partial charge on any atom is -0.308 e. The third kappa shape index (κ3) is 2.86. The molecule has 0 saturated carbocycles.